The van der Waals surface area contributed by atoms with Gasteiger partial charge in [-0.25, -0.2) is 0 Å². The van der Waals surface area contributed by atoms with E-state index in [2.05, 4.69) is 33.2 Å². The van der Waals surface area contributed by atoms with E-state index in [9.17, 15) is 13.6 Å². The first kappa shape index (κ1) is 22.3. The first-order valence-electron chi connectivity index (χ1n) is 9.23. The zero-order chi connectivity index (χ0) is 21.2. The van der Waals surface area contributed by atoms with E-state index >= 15 is 0 Å². The Bertz CT molecular complexity index is 974. The summed E-state index contributed by atoms with van der Waals surface area (Å²) in [5.41, 5.74) is 4.03. The maximum Gasteiger partial charge on any atom is 0.295 e. The molecule has 8 heteroatoms. The lowest BCUT2D eigenvalue weighted by Crippen LogP contribution is -2.17. The molecule has 0 unspecified atom stereocenters. The largest absolute Gasteiger partial charge is 0.321 e. The number of halogens is 3. The van der Waals surface area contributed by atoms with Crippen molar-refractivity contribution < 1.29 is 13.6 Å². The molecule has 0 saturated carbocycles. The van der Waals surface area contributed by atoms with Crippen LogP contribution in [0.25, 0.3) is 4.91 Å². The van der Waals surface area contributed by atoms with Crippen LogP contribution in [0, 0.1) is 0 Å². The van der Waals surface area contributed by atoms with Crippen LogP contribution in [0.15, 0.2) is 45.4 Å². The maximum absolute atomic E-state index is 13.4. The van der Waals surface area contributed by atoms with E-state index in [-0.39, 0.29) is 5.91 Å². The van der Waals surface area contributed by atoms with Gasteiger partial charge < -0.3 is 5.32 Å². The Balaban J connectivity index is 1.91. The standard InChI is InChI=1S/C21H21BrF2N2OS2/c1-4-17-18(10-14(11-25-17)29-21(3,23)24)26-20(27)16-9-12-8-13(22)6-7-15(12)19(16)28-5-2/h6-8,10-11H,4-5,9H2,1-3H3,(H,26,27). The van der Waals surface area contributed by atoms with Crippen LogP contribution >= 0.6 is 39.5 Å². The number of nitrogens with one attached hydrogen (secondary N) is 1. The topological polar surface area (TPSA) is 42.0 Å². The Hall–Kier alpha value is -1.38. The molecule has 3 rings (SSSR count). The van der Waals surface area contributed by atoms with Gasteiger partial charge in [0.25, 0.3) is 11.2 Å². The fraction of sp³-hybridized carbons (Fsp3) is 0.333. The van der Waals surface area contributed by atoms with Crippen molar-refractivity contribution in [2.45, 2.75) is 43.8 Å². The zero-order valence-corrected chi connectivity index (χ0v) is 19.5. The number of alkyl halides is 2. The first-order valence-corrected chi connectivity index (χ1v) is 11.8. The highest BCUT2D eigenvalue weighted by atomic mass is 79.9. The second-order valence-electron chi connectivity index (χ2n) is 6.60. The van der Waals surface area contributed by atoms with Crippen LogP contribution in [0.4, 0.5) is 14.5 Å². The van der Waals surface area contributed by atoms with Crippen LogP contribution in [-0.2, 0) is 17.6 Å². The highest BCUT2D eigenvalue weighted by Crippen LogP contribution is 2.42. The van der Waals surface area contributed by atoms with E-state index in [0.29, 0.717) is 46.5 Å². The van der Waals surface area contributed by atoms with Crippen LogP contribution < -0.4 is 5.32 Å². The maximum atomic E-state index is 13.4. The minimum atomic E-state index is -2.91. The first-order chi connectivity index (χ1) is 13.7. The lowest BCUT2D eigenvalue weighted by atomic mass is 10.1. The van der Waals surface area contributed by atoms with Crippen molar-refractivity contribution in [3.8, 4) is 0 Å². The number of thioether (sulfide) groups is 2. The molecule has 0 atom stereocenters. The molecule has 1 aromatic carbocycles. The van der Waals surface area contributed by atoms with Crippen molar-refractivity contribution in [2.24, 2.45) is 0 Å². The molecule has 3 nitrogen and oxygen atoms in total. The van der Waals surface area contributed by atoms with E-state index < -0.39 is 5.25 Å². The second-order valence-corrected chi connectivity index (χ2v) is 10.2. The normalized spacial score (nSPS) is 13.6. The number of hydrogen-bond acceptors (Lipinski definition) is 4. The second kappa shape index (κ2) is 9.18. The number of pyridine rings is 1. The molecule has 0 saturated heterocycles. The average Bonchev–Trinajstić information content (AvgIpc) is 2.99. The molecule has 1 aliphatic carbocycles. The fourth-order valence-electron chi connectivity index (χ4n) is 3.18. The van der Waals surface area contributed by atoms with E-state index in [1.807, 2.05) is 25.1 Å². The Morgan fingerprint density at radius 1 is 1.31 bits per heavy atom. The Morgan fingerprint density at radius 3 is 2.72 bits per heavy atom. The molecule has 0 spiro atoms. The van der Waals surface area contributed by atoms with Crippen molar-refractivity contribution in [1.29, 1.82) is 0 Å². The molecule has 1 aliphatic rings. The van der Waals surface area contributed by atoms with Crippen LogP contribution in [0.5, 0.6) is 0 Å². The van der Waals surface area contributed by atoms with Gasteiger partial charge in [-0.2, -0.15) is 8.78 Å². The van der Waals surface area contributed by atoms with Gasteiger partial charge >= 0.3 is 0 Å². The lowest BCUT2D eigenvalue weighted by Gasteiger charge is -2.14. The van der Waals surface area contributed by atoms with Gasteiger partial charge in [-0.1, -0.05) is 47.6 Å². The summed E-state index contributed by atoms with van der Waals surface area (Å²) in [5, 5.41) is 0.0128. The van der Waals surface area contributed by atoms with Crippen LogP contribution in [-0.4, -0.2) is 21.9 Å². The lowest BCUT2D eigenvalue weighted by molar-refractivity contribution is -0.112. The summed E-state index contributed by atoms with van der Waals surface area (Å²) >= 11 is 5.55. The minimum absolute atomic E-state index is 0.213. The van der Waals surface area contributed by atoms with E-state index in [1.165, 1.54) is 6.20 Å². The highest BCUT2D eigenvalue weighted by Gasteiger charge is 2.28. The smallest absolute Gasteiger partial charge is 0.295 e. The highest BCUT2D eigenvalue weighted by molar-refractivity contribution is 9.10. The number of carbonyl (C=O) groups excluding carboxylic acids is 1. The summed E-state index contributed by atoms with van der Waals surface area (Å²) in [7, 11) is 0. The van der Waals surface area contributed by atoms with Gasteiger partial charge in [0.2, 0.25) is 0 Å². The molecule has 0 radical (unpaired) electrons. The average molecular weight is 499 g/mol. The van der Waals surface area contributed by atoms with Gasteiger partial charge in [0.15, 0.2) is 0 Å². The molecule has 1 heterocycles. The third-order valence-corrected chi connectivity index (χ3v) is 6.70. The molecule has 0 aliphatic heterocycles. The van der Waals surface area contributed by atoms with Crippen LogP contribution in [0.1, 0.15) is 37.6 Å². The van der Waals surface area contributed by atoms with E-state index in [0.717, 1.165) is 33.2 Å². The van der Waals surface area contributed by atoms with Crippen LogP contribution in [0.2, 0.25) is 0 Å². The zero-order valence-electron chi connectivity index (χ0n) is 16.3. The third-order valence-electron chi connectivity index (χ3n) is 4.34. The summed E-state index contributed by atoms with van der Waals surface area (Å²) in [6.07, 6.45) is 2.56. The number of amides is 1. The molecule has 2 aromatic rings. The number of benzene rings is 1. The number of rotatable bonds is 7. The van der Waals surface area contributed by atoms with Crippen molar-refractivity contribution in [2.75, 3.05) is 11.1 Å². The molecule has 0 fully saturated rings. The Kier molecular flexibility index (Phi) is 7.06. The number of hydrogen-bond donors (Lipinski definition) is 1. The van der Waals surface area contributed by atoms with Crippen molar-refractivity contribution in [1.82, 2.24) is 4.98 Å². The third kappa shape index (κ3) is 5.41. The summed E-state index contributed by atoms with van der Waals surface area (Å²) < 4.78 is 27.7. The molecular formula is C21H21BrF2N2OS2. The van der Waals surface area contributed by atoms with Crippen molar-refractivity contribution >= 4 is 56.0 Å². The predicted molar refractivity (Wildman–Crippen MR) is 122 cm³/mol. The molecular weight excluding hydrogens is 478 g/mol. The quantitative estimate of drug-likeness (QED) is 0.427. The SMILES string of the molecule is CCSC1=C(C(=O)Nc2cc(SC(C)(F)F)cnc2CC)Cc2cc(Br)ccc21. The molecule has 154 valence electrons. The monoisotopic (exact) mass is 498 g/mol. The molecule has 1 N–H and O–H groups in total. The summed E-state index contributed by atoms with van der Waals surface area (Å²) in [6, 6.07) is 7.61. The van der Waals surface area contributed by atoms with Gasteiger partial charge in [-0.05, 0) is 41.5 Å². The summed E-state index contributed by atoms with van der Waals surface area (Å²) in [5.74, 6) is 0.636. The summed E-state index contributed by atoms with van der Waals surface area (Å²) in [6.45, 7) is 4.81. The number of carbonyl (C=O) groups is 1. The molecule has 1 amide bonds. The number of aryl methyl sites for hydroxylation is 1. The fourth-order valence-corrected chi connectivity index (χ4v) is 5.27. The number of anilines is 1. The number of nitrogens with zero attached hydrogens (tertiary/aromatic N) is 1. The number of fused-ring (bicyclic) bond motifs is 1. The van der Waals surface area contributed by atoms with Gasteiger partial charge in [0.05, 0.1) is 11.4 Å². The Labute approximate surface area is 186 Å². The van der Waals surface area contributed by atoms with E-state index in [1.54, 1.807) is 17.8 Å². The van der Waals surface area contributed by atoms with Gasteiger partial charge in [0.1, 0.15) is 0 Å². The molecule has 0 bridgehead atoms. The van der Waals surface area contributed by atoms with Gasteiger partial charge in [-0.15, -0.1) is 11.8 Å². The van der Waals surface area contributed by atoms with Gasteiger partial charge in [0, 0.05) is 39.4 Å². The predicted octanol–water partition coefficient (Wildman–Crippen LogP) is 6.77. The van der Waals surface area contributed by atoms with Crippen LogP contribution in [0.3, 0.4) is 0 Å². The minimum Gasteiger partial charge on any atom is -0.321 e. The van der Waals surface area contributed by atoms with Crippen molar-refractivity contribution in [3.63, 3.8) is 0 Å². The Morgan fingerprint density at radius 2 is 2.07 bits per heavy atom. The van der Waals surface area contributed by atoms with E-state index in [4.69, 9.17) is 0 Å². The molecule has 1 aromatic heterocycles. The number of aromatic nitrogens is 1. The van der Waals surface area contributed by atoms with Crippen molar-refractivity contribution in [3.05, 3.63) is 57.3 Å². The van der Waals surface area contributed by atoms with Gasteiger partial charge in [-0.3, -0.25) is 9.78 Å². The molecule has 29 heavy (non-hydrogen) atoms. The summed E-state index contributed by atoms with van der Waals surface area (Å²) in [4.78, 5) is 18.7.